The van der Waals surface area contributed by atoms with Crippen molar-refractivity contribution >= 4 is 0 Å². The minimum atomic E-state index is 0.344. The highest BCUT2D eigenvalue weighted by molar-refractivity contribution is 4.34. The van der Waals surface area contributed by atoms with E-state index in [9.17, 15) is 0 Å². The van der Waals surface area contributed by atoms with Crippen LogP contribution in [-0.4, -0.2) is 25.3 Å². The van der Waals surface area contributed by atoms with Crippen LogP contribution in [0.4, 0.5) is 0 Å². The summed E-state index contributed by atoms with van der Waals surface area (Å²) in [7, 11) is 1.98. The van der Waals surface area contributed by atoms with Crippen molar-refractivity contribution in [3.8, 4) is 0 Å². The van der Waals surface area contributed by atoms with Crippen molar-refractivity contribution < 1.29 is 5.11 Å². The molecule has 0 aliphatic carbocycles. The van der Waals surface area contributed by atoms with Crippen molar-refractivity contribution in [2.75, 3.05) is 20.2 Å². The number of aliphatic hydroxyl groups excluding tert-OH is 1. The fourth-order valence-electron chi connectivity index (χ4n) is 0.512. The fourth-order valence-corrected chi connectivity index (χ4v) is 0.512. The van der Waals surface area contributed by atoms with Crippen LogP contribution in [0.25, 0.3) is 0 Å². The van der Waals surface area contributed by atoms with Gasteiger partial charge < -0.3 is 10.4 Å². The average molecular weight is 161 g/mol. The van der Waals surface area contributed by atoms with E-state index in [1.54, 1.807) is 0 Å². The summed E-state index contributed by atoms with van der Waals surface area (Å²) < 4.78 is 0. The Hall–Kier alpha value is -0.0800. The SMILES string of the molecule is CCCCNC.CCCCO. The molecule has 70 valence electrons. The Balaban J connectivity index is 0. The van der Waals surface area contributed by atoms with Crippen molar-refractivity contribution in [1.29, 1.82) is 0 Å². The molecule has 0 aromatic rings. The number of aliphatic hydroxyl groups is 1. The number of unbranched alkanes of at least 4 members (excludes halogenated alkanes) is 2. The number of hydrogen-bond acceptors (Lipinski definition) is 2. The molecule has 0 aromatic heterocycles. The smallest absolute Gasteiger partial charge is 0.0430 e. The van der Waals surface area contributed by atoms with E-state index in [0.717, 1.165) is 19.4 Å². The first-order valence-corrected chi connectivity index (χ1v) is 4.58. The molecule has 0 spiro atoms. The van der Waals surface area contributed by atoms with Gasteiger partial charge in [0.2, 0.25) is 0 Å². The van der Waals surface area contributed by atoms with E-state index >= 15 is 0 Å². The zero-order chi connectivity index (χ0) is 8.95. The Labute approximate surface area is 71.0 Å². The van der Waals surface area contributed by atoms with E-state index in [1.165, 1.54) is 12.8 Å². The number of nitrogens with one attached hydrogen (secondary N) is 1. The van der Waals surface area contributed by atoms with Crippen molar-refractivity contribution in [2.45, 2.75) is 39.5 Å². The van der Waals surface area contributed by atoms with E-state index in [2.05, 4.69) is 19.2 Å². The Bertz CT molecular complexity index is 42.8. The summed E-state index contributed by atoms with van der Waals surface area (Å²) in [6.45, 7) is 5.75. The van der Waals surface area contributed by atoms with Gasteiger partial charge in [0.05, 0.1) is 0 Å². The van der Waals surface area contributed by atoms with Crippen LogP contribution in [0.2, 0.25) is 0 Å². The summed E-state index contributed by atoms with van der Waals surface area (Å²) >= 11 is 0. The lowest BCUT2D eigenvalue weighted by molar-refractivity contribution is 0.287. The molecule has 0 aromatic carbocycles. The predicted molar refractivity (Wildman–Crippen MR) is 50.8 cm³/mol. The van der Waals surface area contributed by atoms with Gasteiger partial charge in [0, 0.05) is 6.61 Å². The maximum absolute atomic E-state index is 8.07. The van der Waals surface area contributed by atoms with E-state index in [0.29, 0.717) is 6.61 Å². The molecule has 0 aliphatic heterocycles. The van der Waals surface area contributed by atoms with Crippen LogP contribution in [0.5, 0.6) is 0 Å². The summed E-state index contributed by atoms with van der Waals surface area (Å²) in [4.78, 5) is 0. The van der Waals surface area contributed by atoms with Crippen molar-refractivity contribution in [1.82, 2.24) is 5.32 Å². The van der Waals surface area contributed by atoms with Gasteiger partial charge in [-0.15, -0.1) is 0 Å². The normalized spacial score (nSPS) is 8.73. The average Bonchev–Trinajstić information content (AvgIpc) is 2.04. The van der Waals surface area contributed by atoms with Crippen LogP contribution >= 0.6 is 0 Å². The lowest BCUT2D eigenvalue weighted by Gasteiger charge is -1.89. The molecule has 0 unspecified atom stereocenters. The molecule has 2 nitrogen and oxygen atoms in total. The largest absolute Gasteiger partial charge is 0.396 e. The van der Waals surface area contributed by atoms with E-state index in [-0.39, 0.29) is 0 Å². The second kappa shape index (κ2) is 16.5. The summed E-state index contributed by atoms with van der Waals surface area (Å²) in [5, 5.41) is 11.1. The van der Waals surface area contributed by atoms with Gasteiger partial charge in [0.25, 0.3) is 0 Å². The third-order valence-electron chi connectivity index (χ3n) is 1.29. The highest BCUT2D eigenvalue weighted by Crippen LogP contribution is 1.79. The van der Waals surface area contributed by atoms with Crippen LogP contribution in [0.15, 0.2) is 0 Å². The van der Waals surface area contributed by atoms with Crippen molar-refractivity contribution in [2.24, 2.45) is 0 Å². The molecule has 0 saturated heterocycles. The van der Waals surface area contributed by atoms with Gasteiger partial charge in [-0.1, -0.05) is 26.7 Å². The van der Waals surface area contributed by atoms with E-state index < -0.39 is 0 Å². The maximum atomic E-state index is 8.07. The quantitative estimate of drug-likeness (QED) is 0.602. The van der Waals surface area contributed by atoms with E-state index in [4.69, 9.17) is 5.11 Å². The molecular weight excluding hydrogens is 138 g/mol. The lowest BCUT2D eigenvalue weighted by Crippen LogP contribution is -2.06. The molecule has 0 aliphatic rings. The third-order valence-corrected chi connectivity index (χ3v) is 1.29. The highest BCUT2D eigenvalue weighted by Gasteiger charge is 1.73. The molecule has 0 atom stereocenters. The van der Waals surface area contributed by atoms with Gasteiger partial charge in [-0.3, -0.25) is 0 Å². The molecule has 2 N–H and O–H groups in total. The highest BCUT2D eigenvalue weighted by atomic mass is 16.2. The first-order valence-electron chi connectivity index (χ1n) is 4.58. The molecule has 0 amide bonds. The van der Waals surface area contributed by atoms with Gasteiger partial charge >= 0.3 is 0 Å². The second-order valence-corrected chi connectivity index (χ2v) is 2.53. The van der Waals surface area contributed by atoms with Crippen LogP contribution < -0.4 is 5.32 Å². The standard InChI is InChI=1S/C5H13N.C4H10O/c1-3-4-5-6-2;1-2-3-4-5/h6H,3-5H2,1-2H3;5H,2-4H2,1H3. The predicted octanol–water partition coefficient (Wildman–Crippen LogP) is 1.78. The molecule has 0 radical (unpaired) electrons. The van der Waals surface area contributed by atoms with Gasteiger partial charge in [-0.2, -0.15) is 0 Å². The van der Waals surface area contributed by atoms with Crippen LogP contribution in [-0.2, 0) is 0 Å². The zero-order valence-electron chi connectivity index (χ0n) is 8.19. The molecule has 0 bridgehead atoms. The number of hydrogen-bond donors (Lipinski definition) is 2. The summed E-state index contributed by atoms with van der Waals surface area (Å²) in [6.07, 6.45) is 4.63. The van der Waals surface area contributed by atoms with E-state index in [1.807, 2.05) is 7.05 Å². The Morgan fingerprint density at radius 2 is 1.64 bits per heavy atom. The van der Waals surface area contributed by atoms with Gasteiger partial charge in [-0.05, 0) is 26.4 Å². The summed E-state index contributed by atoms with van der Waals surface area (Å²) in [5.41, 5.74) is 0. The molecule has 11 heavy (non-hydrogen) atoms. The molecule has 0 heterocycles. The fraction of sp³-hybridized carbons (Fsp3) is 1.00. The van der Waals surface area contributed by atoms with Crippen LogP contribution in [0.3, 0.4) is 0 Å². The van der Waals surface area contributed by atoms with Gasteiger partial charge in [0.15, 0.2) is 0 Å². The van der Waals surface area contributed by atoms with Crippen molar-refractivity contribution in [3.63, 3.8) is 0 Å². The maximum Gasteiger partial charge on any atom is 0.0430 e. The number of rotatable bonds is 5. The first-order chi connectivity index (χ1) is 5.33. The topological polar surface area (TPSA) is 32.3 Å². The Morgan fingerprint density at radius 1 is 1.09 bits per heavy atom. The Kier molecular flexibility index (Phi) is 20.2. The van der Waals surface area contributed by atoms with Crippen LogP contribution in [0.1, 0.15) is 39.5 Å². The minimum absolute atomic E-state index is 0.344. The molecule has 2 heteroatoms. The third kappa shape index (κ3) is 25.7. The summed E-state index contributed by atoms with van der Waals surface area (Å²) in [5.74, 6) is 0. The first kappa shape index (κ1) is 13.5. The zero-order valence-corrected chi connectivity index (χ0v) is 8.19. The second-order valence-electron chi connectivity index (χ2n) is 2.53. The van der Waals surface area contributed by atoms with Gasteiger partial charge in [-0.25, -0.2) is 0 Å². The van der Waals surface area contributed by atoms with Crippen molar-refractivity contribution in [3.05, 3.63) is 0 Å². The molecular formula is C9H23NO. The minimum Gasteiger partial charge on any atom is -0.396 e. The summed E-state index contributed by atoms with van der Waals surface area (Å²) in [6, 6.07) is 0. The lowest BCUT2D eigenvalue weighted by atomic mass is 10.3. The van der Waals surface area contributed by atoms with Crippen LogP contribution in [0, 0.1) is 0 Å². The molecule has 0 saturated carbocycles. The molecule has 0 fully saturated rings. The Morgan fingerprint density at radius 3 is 1.73 bits per heavy atom. The monoisotopic (exact) mass is 161 g/mol. The molecule has 0 rings (SSSR count). The van der Waals surface area contributed by atoms with Gasteiger partial charge in [0.1, 0.15) is 0 Å².